The van der Waals surface area contributed by atoms with Crippen LogP contribution in [0.4, 0.5) is 5.69 Å². The molecule has 0 unspecified atom stereocenters. The Labute approximate surface area is 169 Å². The van der Waals surface area contributed by atoms with Gasteiger partial charge < -0.3 is 19.6 Å². The zero-order chi connectivity index (χ0) is 21.0. The van der Waals surface area contributed by atoms with Crippen molar-refractivity contribution in [1.29, 1.82) is 0 Å². The number of phenolic OH excluding ortho intramolecular Hbond substituents is 1. The number of aromatic hydroxyl groups is 1. The predicted molar refractivity (Wildman–Crippen MR) is 111 cm³/mol. The van der Waals surface area contributed by atoms with E-state index in [0.29, 0.717) is 17.1 Å². The Morgan fingerprint density at radius 3 is 2.69 bits per heavy atom. The fourth-order valence-electron chi connectivity index (χ4n) is 3.15. The molecule has 6 nitrogen and oxygen atoms in total. The van der Waals surface area contributed by atoms with Crippen LogP contribution in [-0.2, 0) is 20.7 Å². The third-order valence-corrected chi connectivity index (χ3v) is 5.01. The number of benzene rings is 2. The van der Waals surface area contributed by atoms with E-state index >= 15 is 0 Å². The van der Waals surface area contributed by atoms with Crippen LogP contribution in [0, 0.1) is 0 Å². The van der Waals surface area contributed by atoms with Gasteiger partial charge in [-0.25, -0.2) is 0 Å². The van der Waals surface area contributed by atoms with E-state index in [-0.39, 0.29) is 18.1 Å². The summed E-state index contributed by atoms with van der Waals surface area (Å²) in [5, 5.41) is 13.1. The number of anilines is 1. The number of amides is 1. The van der Waals surface area contributed by atoms with Crippen molar-refractivity contribution in [3.8, 4) is 5.75 Å². The quantitative estimate of drug-likeness (QED) is 0.563. The molecule has 0 aliphatic heterocycles. The summed E-state index contributed by atoms with van der Waals surface area (Å²) >= 11 is 0. The number of hydrogen-bond acceptors (Lipinski definition) is 5. The summed E-state index contributed by atoms with van der Waals surface area (Å²) in [6.45, 7) is 5.74. The maximum absolute atomic E-state index is 12.5. The van der Waals surface area contributed by atoms with Gasteiger partial charge in [0.25, 0.3) is 5.91 Å². The molecular formula is C23H25NO5. The van der Waals surface area contributed by atoms with Crippen molar-refractivity contribution in [3.63, 3.8) is 0 Å². The van der Waals surface area contributed by atoms with Gasteiger partial charge in [-0.3, -0.25) is 9.59 Å². The predicted octanol–water partition coefficient (Wildman–Crippen LogP) is 4.76. The zero-order valence-corrected chi connectivity index (χ0v) is 16.8. The molecule has 0 saturated heterocycles. The Morgan fingerprint density at radius 2 is 1.93 bits per heavy atom. The lowest BCUT2D eigenvalue weighted by molar-refractivity contribution is -0.152. The molecule has 0 spiro atoms. The summed E-state index contributed by atoms with van der Waals surface area (Å²) in [6.07, 6.45) is 1.44. The van der Waals surface area contributed by atoms with Gasteiger partial charge in [0.1, 0.15) is 11.3 Å². The molecule has 0 aliphatic rings. The Balaban J connectivity index is 1.63. The normalized spacial score (nSPS) is 13.1. The van der Waals surface area contributed by atoms with Gasteiger partial charge in [-0.1, -0.05) is 32.0 Å². The standard InChI is InChI=1S/C23H25NO5/c1-4-14(2)18-7-5-6-8-20(18)24-23(27)15(3)29-22(26)11-16-13-28-21-12-17(25)9-10-19(16)21/h5-10,12-15,25H,4,11H2,1-3H3,(H,24,27)/t14-,15-/m0/s1. The zero-order valence-electron chi connectivity index (χ0n) is 16.8. The number of rotatable bonds is 7. The first-order valence-electron chi connectivity index (χ1n) is 9.67. The molecule has 2 aromatic carbocycles. The highest BCUT2D eigenvalue weighted by molar-refractivity contribution is 5.96. The van der Waals surface area contributed by atoms with Crippen molar-refractivity contribution in [2.75, 3.05) is 5.32 Å². The topological polar surface area (TPSA) is 88.8 Å². The van der Waals surface area contributed by atoms with E-state index in [0.717, 1.165) is 23.1 Å². The van der Waals surface area contributed by atoms with E-state index in [2.05, 4.69) is 19.2 Å². The van der Waals surface area contributed by atoms with Crippen molar-refractivity contribution < 1.29 is 23.8 Å². The second-order valence-electron chi connectivity index (χ2n) is 7.14. The van der Waals surface area contributed by atoms with Crippen molar-refractivity contribution in [3.05, 3.63) is 59.9 Å². The summed E-state index contributed by atoms with van der Waals surface area (Å²) in [6, 6.07) is 12.3. The van der Waals surface area contributed by atoms with E-state index in [9.17, 15) is 14.7 Å². The number of para-hydroxylation sites is 1. The highest BCUT2D eigenvalue weighted by atomic mass is 16.5. The van der Waals surface area contributed by atoms with E-state index < -0.39 is 12.1 Å². The summed E-state index contributed by atoms with van der Waals surface area (Å²) in [4.78, 5) is 24.8. The number of nitrogens with one attached hydrogen (secondary N) is 1. The molecule has 152 valence electrons. The van der Waals surface area contributed by atoms with Crippen molar-refractivity contribution >= 4 is 28.5 Å². The average Bonchev–Trinajstić information content (AvgIpc) is 3.09. The molecule has 1 aromatic heterocycles. The average molecular weight is 395 g/mol. The summed E-state index contributed by atoms with van der Waals surface area (Å²) < 4.78 is 10.7. The smallest absolute Gasteiger partial charge is 0.311 e. The van der Waals surface area contributed by atoms with E-state index in [1.807, 2.05) is 24.3 Å². The van der Waals surface area contributed by atoms with Crippen LogP contribution in [-0.4, -0.2) is 23.1 Å². The molecule has 1 heterocycles. The number of phenols is 1. The highest BCUT2D eigenvalue weighted by Crippen LogP contribution is 2.27. The third kappa shape index (κ3) is 4.77. The number of carbonyl (C=O) groups excluding carboxylic acids is 2. The van der Waals surface area contributed by atoms with Gasteiger partial charge in [-0.2, -0.15) is 0 Å². The van der Waals surface area contributed by atoms with Crippen LogP contribution in [0.2, 0.25) is 0 Å². The molecule has 2 atom stereocenters. The van der Waals surface area contributed by atoms with Gasteiger partial charge in [-0.15, -0.1) is 0 Å². The molecule has 0 aliphatic carbocycles. The molecule has 6 heteroatoms. The van der Waals surface area contributed by atoms with Crippen molar-refractivity contribution in [1.82, 2.24) is 0 Å². The summed E-state index contributed by atoms with van der Waals surface area (Å²) in [5.74, 6) is -0.517. The lowest BCUT2D eigenvalue weighted by atomic mass is 9.97. The maximum atomic E-state index is 12.5. The number of hydrogen-bond donors (Lipinski definition) is 2. The minimum atomic E-state index is -0.935. The monoisotopic (exact) mass is 395 g/mol. The molecule has 0 fully saturated rings. The number of furan rings is 1. The van der Waals surface area contributed by atoms with Crippen LogP contribution in [0.1, 0.15) is 44.2 Å². The number of esters is 1. The molecule has 0 radical (unpaired) electrons. The Kier molecular flexibility index (Phi) is 6.22. The number of fused-ring (bicyclic) bond motifs is 1. The first-order valence-corrected chi connectivity index (χ1v) is 9.67. The lowest BCUT2D eigenvalue weighted by Gasteiger charge is -2.18. The number of carbonyl (C=O) groups is 2. The van der Waals surface area contributed by atoms with Gasteiger partial charge in [0, 0.05) is 22.7 Å². The first-order chi connectivity index (χ1) is 13.9. The maximum Gasteiger partial charge on any atom is 0.311 e. The van der Waals surface area contributed by atoms with Crippen LogP contribution >= 0.6 is 0 Å². The number of ether oxygens (including phenoxy) is 1. The minimum absolute atomic E-state index is 0.0289. The van der Waals surface area contributed by atoms with Gasteiger partial charge in [0.05, 0.1) is 12.7 Å². The fourth-order valence-corrected chi connectivity index (χ4v) is 3.15. The largest absolute Gasteiger partial charge is 0.508 e. The van der Waals surface area contributed by atoms with Crippen LogP contribution in [0.15, 0.2) is 53.1 Å². The molecule has 3 rings (SSSR count). The van der Waals surface area contributed by atoms with Crippen LogP contribution < -0.4 is 5.32 Å². The fraction of sp³-hybridized carbons (Fsp3) is 0.304. The highest BCUT2D eigenvalue weighted by Gasteiger charge is 2.21. The Morgan fingerprint density at radius 1 is 1.17 bits per heavy atom. The molecule has 1 amide bonds. The molecule has 2 N–H and O–H groups in total. The Bertz CT molecular complexity index is 1020. The SMILES string of the molecule is CC[C@H](C)c1ccccc1NC(=O)[C@H](C)OC(=O)Cc1coc2cc(O)ccc12. The molecule has 3 aromatic rings. The molecular weight excluding hydrogens is 370 g/mol. The van der Waals surface area contributed by atoms with Gasteiger partial charge >= 0.3 is 5.97 Å². The molecule has 29 heavy (non-hydrogen) atoms. The van der Waals surface area contributed by atoms with Crippen molar-refractivity contribution in [2.45, 2.75) is 45.6 Å². The summed E-state index contributed by atoms with van der Waals surface area (Å²) in [7, 11) is 0. The molecule has 0 saturated carbocycles. The molecule has 0 bridgehead atoms. The summed E-state index contributed by atoms with van der Waals surface area (Å²) in [5.41, 5.74) is 2.91. The van der Waals surface area contributed by atoms with E-state index in [1.54, 1.807) is 13.0 Å². The van der Waals surface area contributed by atoms with Gasteiger partial charge in [0.15, 0.2) is 6.10 Å². The second kappa shape index (κ2) is 8.82. The Hall–Kier alpha value is -3.28. The first kappa shape index (κ1) is 20.5. The third-order valence-electron chi connectivity index (χ3n) is 5.01. The van der Waals surface area contributed by atoms with Crippen LogP contribution in [0.3, 0.4) is 0 Å². The van der Waals surface area contributed by atoms with Gasteiger partial charge in [-0.05, 0) is 43.0 Å². The van der Waals surface area contributed by atoms with Gasteiger partial charge in [0.2, 0.25) is 0 Å². The van der Waals surface area contributed by atoms with E-state index in [1.165, 1.54) is 18.4 Å². The van der Waals surface area contributed by atoms with E-state index in [4.69, 9.17) is 9.15 Å². The second-order valence-corrected chi connectivity index (χ2v) is 7.14. The van der Waals surface area contributed by atoms with Crippen LogP contribution in [0.5, 0.6) is 5.75 Å². The van der Waals surface area contributed by atoms with Crippen molar-refractivity contribution in [2.24, 2.45) is 0 Å². The van der Waals surface area contributed by atoms with Crippen LogP contribution in [0.25, 0.3) is 11.0 Å². The minimum Gasteiger partial charge on any atom is -0.508 e. The lowest BCUT2D eigenvalue weighted by Crippen LogP contribution is -2.30.